The van der Waals surface area contributed by atoms with E-state index < -0.39 is 34.5 Å². The number of aliphatic hydroxyl groups is 1. The first-order valence-corrected chi connectivity index (χ1v) is 13.0. The van der Waals surface area contributed by atoms with E-state index in [4.69, 9.17) is 19.8 Å². The molecule has 3 heterocycles. The van der Waals surface area contributed by atoms with E-state index in [9.17, 15) is 22.8 Å². The number of likely N-dealkylation sites (tertiary alicyclic amines) is 1. The summed E-state index contributed by atoms with van der Waals surface area (Å²) in [6.45, 7) is 1.05. The fourth-order valence-corrected chi connectivity index (χ4v) is 6.61. The van der Waals surface area contributed by atoms with Crippen LogP contribution in [0.3, 0.4) is 0 Å². The monoisotopic (exact) mass is 649 g/mol. The zero-order valence-corrected chi connectivity index (χ0v) is 23.5. The number of carbonyl (C=O) groups is 3. The molecule has 2 aliphatic carbocycles. The Morgan fingerprint density at radius 2 is 1.65 bits per heavy atom. The summed E-state index contributed by atoms with van der Waals surface area (Å²) in [5, 5.41) is 17.2. The smallest absolute Gasteiger partial charge is 0.471 e. The number of aliphatic hydroxyl groups excluding tert-OH is 1. The maximum atomic E-state index is 12.6. The van der Waals surface area contributed by atoms with E-state index >= 15 is 0 Å². The largest absolute Gasteiger partial charge is 0.493 e. The quantitative estimate of drug-likeness (QED) is 0.224. The van der Waals surface area contributed by atoms with Crippen LogP contribution in [0.1, 0.15) is 30.4 Å². The standard InChI is InChI=1S/C18H21NO3.C4H4O11S.5H2O/c1-19-8-7-18-11-4-5-13(20)17(18)22-16-14(21-2)6-3-10(15(16)18)9-12(11)19;5-1-2(11-8)4(7)13-15-16(9,10)14-12-3(1)6;;;;;/h3,6,11-12,17H,4-5,7-9H2,1-2H3;1-2,5,8H;5*1H2/t11-,12+,17-,18-;1-,2-;;;;;/m01...../s1. The van der Waals surface area contributed by atoms with Gasteiger partial charge in [0.15, 0.2) is 29.5 Å². The van der Waals surface area contributed by atoms with Crippen molar-refractivity contribution in [3.8, 4) is 11.5 Å². The molecule has 2 bridgehead atoms. The molecule has 6 atom stereocenters. The van der Waals surface area contributed by atoms with Crippen molar-refractivity contribution in [2.75, 3.05) is 20.7 Å². The van der Waals surface area contributed by atoms with Gasteiger partial charge in [-0.1, -0.05) is 6.07 Å². The summed E-state index contributed by atoms with van der Waals surface area (Å²) in [6.07, 6.45) is -1.14. The minimum atomic E-state index is -4.92. The van der Waals surface area contributed by atoms with Gasteiger partial charge in [0.25, 0.3) is 0 Å². The summed E-state index contributed by atoms with van der Waals surface area (Å²) >= 11 is 0. The van der Waals surface area contributed by atoms with Crippen molar-refractivity contribution in [2.45, 2.75) is 55.5 Å². The van der Waals surface area contributed by atoms with Crippen molar-refractivity contribution in [3.05, 3.63) is 23.3 Å². The van der Waals surface area contributed by atoms with Crippen molar-refractivity contribution in [1.29, 1.82) is 0 Å². The SMILES string of the molecule is COc1ccc2c3c1O[C@H]1C(=O)CC[C@H]4[C@@H](C2)N(C)CC[C@]314.O.O.O.O.O.O=C1OOS(=O)(=O)OOC(=O)[C@H](OO)[C@H]1O. The second-order valence-electron chi connectivity index (χ2n) is 9.60. The molecule has 0 aromatic heterocycles. The Bertz CT molecular complexity index is 1270. The second-order valence-corrected chi connectivity index (χ2v) is 10.7. The molecule has 5 aliphatic rings. The van der Waals surface area contributed by atoms with E-state index in [0.29, 0.717) is 18.4 Å². The van der Waals surface area contributed by atoms with E-state index in [2.05, 4.69) is 41.3 Å². The van der Waals surface area contributed by atoms with E-state index in [1.165, 1.54) is 11.1 Å². The minimum absolute atomic E-state index is 0. The van der Waals surface area contributed by atoms with Crippen LogP contribution in [-0.2, 0) is 59.9 Å². The van der Waals surface area contributed by atoms with Gasteiger partial charge in [0.1, 0.15) is 0 Å². The third-order valence-electron chi connectivity index (χ3n) is 7.86. The fourth-order valence-electron chi connectivity index (χ4n) is 6.28. The van der Waals surface area contributed by atoms with E-state index in [-0.39, 0.29) is 44.7 Å². The third kappa shape index (κ3) is 6.43. The molecular weight excluding hydrogens is 614 g/mol. The zero-order chi connectivity index (χ0) is 27.4. The molecular formula is C22H35NO19S. The summed E-state index contributed by atoms with van der Waals surface area (Å²) in [5.41, 5.74) is 2.57. The van der Waals surface area contributed by atoms with Gasteiger partial charge in [0.2, 0.25) is 6.10 Å². The number of benzene rings is 1. The van der Waals surface area contributed by atoms with E-state index in [0.717, 1.165) is 37.3 Å². The molecule has 1 aromatic rings. The molecule has 0 unspecified atom stereocenters. The van der Waals surface area contributed by atoms with E-state index in [1.807, 2.05) is 6.07 Å². The van der Waals surface area contributed by atoms with Crippen LogP contribution in [0, 0.1) is 5.92 Å². The van der Waals surface area contributed by atoms with Crippen LogP contribution in [0.2, 0.25) is 0 Å². The molecule has 1 aromatic carbocycles. The molecule has 6 rings (SSSR count). The molecule has 12 N–H and O–H groups in total. The van der Waals surface area contributed by atoms with Crippen molar-refractivity contribution < 1.29 is 93.4 Å². The number of hydrogen-bond donors (Lipinski definition) is 2. The lowest BCUT2D eigenvalue weighted by molar-refractivity contribution is -0.306. The van der Waals surface area contributed by atoms with E-state index in [1.54, 1.807) is 7.11 Å². The molecule has 1 spiro atoms. The van der Waals surface area contributed by atoms with Crippen LogP contribution < -0.4 is 9.47 Å². The number of Topliss-reactive ketones (excluding diaryl/α,β-unsaturated/α-hetero) is 1. The number of piperidine rings is 1. The molecule has 3 aliphatic heterocycles. The highest BCUT2D eigenvalue weighted by Crippen LogP contribution is 2.63. The van der Waals surface area contributed by atoms with Crippen LogP contribution in [-0.4, -0.2) is 114 Å². The van der Waals surface area contributed by atoms with Crippen LogP contribution >= 0.6 is 0 Å². The van der Waals surface area contributed by atoms with Crippen molar-refractivity contribution >= 4 is 28.1 Å². The number of nitrogens with zero attached hydrogens (tertiary/aromatic N) is 1. The first-order chi connectivity index (χ1) is 18.0. The lowest BCUT2D eigenvalue weighted by Gasteiger charge is -2.57. The highest BCUT2D eigenvalue weighted by atomic mass is 32.3. The Hall–Kier alpha value is -3.06. The highest BCUT2D eigenvalue weighted by molar-refractivity contribution is 7.81. The Labute approximate surface area is 243 Å². The normalized spacial score (nSPS) is 31.1. The van der Waals surface area contributed by atoms with Crippen molar-refractivity contribution in [1.82, 2.24) is 4.90 Å². The van der Waals surface area contributed by atoms with Crippen LogP contribution in [0.4, 0.5) is 0 Å². The number of likely N-dealkylation sites (N-methyl/N-ethyl adjacent to an activating group) is 1. The maximum absolute atomic E-state index is 12.6. The first kappa shape index (κ1) is 39.9. The van der Waals surface area contributed by atoms with Gasteiger partial charge in [0, 0.05) is 23.4 Å². The third-order valence-corrected chi connectivity index (χ3v) is 8.33. The number of hydrogen-bond acceptors (Lipinski definition) is 15. The Kier molecular flexibility index (Phi) is 13.6. The van der Waals surface area contributed by atoms with Gasteiger partial charge in [-0.05, 0) is 59.1 Å². The summed E-state index contributed by atoms with van der Waals surface area (Å²) in [5.74, 6) is -0.953. The van der Waals surface area contributed by atoms with Gasteiger partial charge in [-0.2, -0.15) is 8.42 Å². The fraction of sp³-hybridized carbons (Fsp3) is 0.591. The number of ketones is 1. The summed E-state index contributed by atoms with van der Waals surface area (Å²) in [4.78, 5) is 47.3. The van der Waals surface area contributed by atoms with Gasteiger partial charge >= 0.3 is 22.3 Å². The van der Waals surface area contributed by atoms with Gasteiger partial charge in [0.05, 0.1) is 7.11 Å². The highest BCUT2D eigenvalue weighted by Gasteiger charge is 2.65. The zero-order valence-electron chi connectivity index (χ0n) is 22.7. The summed E-state index contributed by atoms with van der Waals surface area (Å²) in [6, 6.07) is 4.73. The number of ether oxygens (including phenoxy) is 2. The van der Waals surface area contributed by atoms with Gasteiger partial charge in [-0.3, -0.25) is 19.8 Å². The first-order valence-electron chi connectivity index (χ1n) is 11.7. The molecule has 3 fully saturated rings. The number of methoxy groups -OCH3 is 1. The van der Waals surface area contributed by atoms with Crippen molar-refractivity contribution in [3.63, 3.8) is 0 Å². The maximum Gasteiger partial charge on any atom is 0.471 e. The van der Waals surface area contributed by atoms with Gasteiger partial charge in [-0.25, -0.2) is 14.5 Å². The molecule has 248 valence electrons. The predicted octanol–water partition coefficient (Wildman–Crippen LogP) is -4.78. The van der Waals surface area contributed by atoms with Crippen LogP contribution in [0.5, 0.6) is 11.5 Å². The predicted molar refractivity (Wildman–Crippen MR) is 136 cm³/mol. The second kappa shape index (κ2) is 14.6. The molecule has 43 heavy (non-hydrogen) atoms. The average molecular weight is 650 g/mol. The molecule has 20 nitrogen and oxygen atoms in total. The average Bonchev–Trinajstić information content (AvgIpc) is 3.26. The Balaban J connectivity index is 0.000000769. The van der Waals surface area contributed by atoms with Gasteiger partial charge in [-0.15, -0.1) is 0 Å². The Morgan fingerprint density at radius 3 is 2.26 bits per heavy atom. The molecule has 21 heteroatoms. The number of carbonyl (C=O) groups excluding carboxylic acids is 3. The van der Waals surface area contributed by atoms with Crippen LogP contribution in [0.25, 0.3) is 0 Å². The van der Waals surface area contributed by atoms with Gasteiger partial charge < -0.3 is 46.9 Å². The summed E-state index contributed by atoms with van der Waals surface area (Å²) < 4.78 is 39.8. The van der Waals surface area contributed by atoms with Crippen LogP contribution in [0.15, 0.2) is 12.1 Å². The Morgan fingerprint density at radius 1 is 1.02 bits per heavy atom. The molecule has 0 radical (unpaired) electrons. The summed E-state index contributed by atoms with van der Waals surface area (Å²) in [7, 11) is -1.01. The molecule has 1 saturated carbocycles. The molecule has 2 saturated heterocycles. The lowest BCUT2D eigenvalue weighted by atomic mass is 9.52. The lowest BCUT2D eigenvalue weighted by Crippen LogP contribution is -2.65. The van der Waals surface area contributed by atoms with Crippen molar-refractivity contribution in [2.24, 2.45) is 5.92 Å². The molecule has 0 amide bonds. The topological polar surface area (TPSA) is 351 Å². The minimum Gasteiger partial charge on any atom is -0.493 e. The number of rotatable bonds is 2.